The van der Waals surface area contributed by atoms with Gasteiger partial charge in [0.05, 0.1) is 5.69 Å². The van der Waals surface area contributed by atoms with E-state index in [1.807, 2.05) is 0 Å². The predicted molar refractivity (Wildman–Crippen MR) is 61.0 cm³/mol. The predicted octanol–water partition coefficient (Wildman–Crippen LogP) is 2.89. The molecule has 1 aliphatic rings. The fraction of sp³-hybridized carbons (Fsp3) is 0.417. The number of hydrazone groups is 1. The van der Waals surface area contributed by atoms with Crippen LogP contribution in [0.1, 0.15) is 24.5 Å². The van der Waals surface area contributed by atoms with E-state index in [0.29, 0.717) is 0 Å². The van der Waals surface area contributed by atoms with Crippen molar-refractivity contribution in [3.05, 3.63) is 29.3 Å². The number of aryl methyl sites for hydroxylation is 2. The van der Waals surface area contributed by atoms with Crippen molar-refractivity contribution >= 4 is 11.4 Å². The Balaban J connectivity index is 2.29. The van der Waals surface area contributed by atoms with Crippen LogP contribution in [0.5, 0.6) is 0 Å². The molecule has 0 N–H and O–H groups in total. The lowest BCUT2D eigenvalue weighted by atomic mass is 10.1. The Morgan fingerprint density at radius 2 is 1.93 bits per heavy atom. The molecule has 0 unspecified atom stereocenters. The molecule has 2 nitrogen and oxygen atoms in total. The van der Waals surface area contributed by atoms with Gasteiger partial charge in [-0.05, 0) is 44.0 Å². The summed E-state index contributed by atoms with van der Waals surface area (Å²) in [7, 11) is 0. The van der Waals surface area contributed by atoms with Crippen LogP contribution in [0.25, 0.3) is 0 Å². The monoisotopic (exact) mass is 188 g/mol. The molecule has 0 atom stereocenters. The summed E-state index contributed by atoms with van der Waals surface area (Å²) in [5.41, 5.74) is 5.11. The normalized spacial score (nSPS) is 15.9. The molecule has 0 spiro atoms. The van der Waals surface area contributed by atoms with Gasteiger partial charge in [0.25, 0.3) is 0 Å². The highest BCUT2D eigenvalue weighted by molar-refractivity contribution is 5.85. The minimum Gasteiger partial charge on any atom is -0.265 e. The van der Waals surface area contributed by atoms with Gasteiger partial charge in [-0.25, -0.2) is 0 Å². The summed E-state index contributed by atoms with van der Waals surface area (Å²) >= 11 is 0. The Labute approximate surface area is 85.2 Å². The minimum atomic E-state index is 1.02. The van der Waals surface area contributed by atoms with Crippen LogP contribution in [0.3, 0.4) is 0 Å². The number of benzene rings is 1. The third-order valence-corrected chi connectivity index (χ3v) is 2.77. The second kappa shape index (κ2) is 3.45. The Bertz CT molecular complexity index is 380. The van der Waals surface area contributed by atoms with Gasteiger partial charge >= 0.3 is 0 Å². The molecule has 0 bridgehead atoms. The lowest BCUT2D eigenvalue weighted by Crippen LogP contribution is -2.11. The zero-order valence-corrected chi connectivity index (χ0v) is 9.04. The molecular weight excluding hydrogens is 172 g/mol. The van der Waals surface area contributed by atoms with Crippen LogP contribution >= 0.6 is 0 Å². The largest absolute Gasteiger partial charge is 0.265 e. The maximum absolute atomic E-state index is 4.48. The van der Waals surface area contributed by atoms with Crippen LogP contribution < -0.4 is 5.01 Å². The van der Waals surface area contributed by atoms with Gasteiger partial charge in [0.2, 0.25) is 0 Å². The van der Waals surface area contributed by atoms with Gasteiger partial charge in [0.1, 0.15) is 0 Å². The van der Waals surface area contributed by atoms with Crippen molar-refractivity contribution in [3.63, 3.8) is 0 Å². The number of hydrogen-bond donors (Lipinski definition) is 0. The average molecular weight is 188 g/mol. The van der Waals surface area contributed by atoms with Crippen molar-refractivity contribution in [3.8, 4) is 0 Å². The fourth-order valence-corrected chi connectivity index (χ4v) is 1.65. The summed E-state index contributed by atoms with van der Waals surface area (Å²) < 4.78 is 0. The Hall–Kier alpha value is -1.31. The number of hydrogen-bond acceptors (Lipinski definition) is 2. The van der Waals surface area contributed by atoms with Crippen molar-refractivity contribution < 1.29 is 0 Å². The maximum atomic E-state index is 4.48. The molecule has 2 heteroatoms. The number of nitrogens with zero attached hydrogens (tertiary/aromatic N) is 2. The van der Waals surface area contributed by atoms with E-state index in [1.165, 1.54) is 22.5 Å². The summed E-state index contributed by atoms with van der Waals surface area (Å²) in [6.07, 6.45) is 1.09. The fourth-order valence-electron chi connectivity index (χ4n) is 1.65. The first-order valence-corrected chi connectivity index (χ1v) is 5.06. The van der Waals surface area contributed by atoms with Crippen molar-refractivity contribution in [2.45, 2.75) is 27.2 Å². The first kappa shape index (κ1) is 9.25. The van der Waals surface area contributed by atoms with Crippen LogP contribution in [0, 0.1) is 13.8 Å². The first-order chi connectivity index (χ1) is 6.66. The van der Waals surface area contributed by atoms with E-state index < -0.39 is 0 Å². The van der Waals surface area contributed by atoms with Gasteiger partial charge in [-0.15, -0.1) is 0 Å². The topological polar surface area (TPSA) is 15.6 Å². The van der Waals surface area contributed by atoms with E-state index in [1.54, 1.807) is 0 Å². The summed E-state index contributed by atoms with van der Waals surface area (Å²) in [5.74, 6) is 0. The molecule has 0 aliphatic carbocycles. The van der Waals surface area contributed by atoms with Gasteiger partial charge in [0.15, 0.2) is 0 Å². The highest BCUT2D eigenvalue weighted by Gasteiger charge is 2.12. The van der Waals surface area contributed by atoms with Crippen LogP contribution in [0.15, 0.2) is 23.3 Å². The molecule has 14 heavy (non-hydrogen) atoms. The molecule has 1 aromatic rings. The molecule has 0 radical (unpaired) electrons. The SMILES string of the molecule is CC1=NN(c2ccc(C)c(C)c2)CC1. The smallest absolute Gasteiger partial charge is 0.0596 e. The first-order valence-electron chi connectivity index (χ1n) is 5.06. The van der Waals surface area contributed by atoms with Crippen molar-refractivity contribution in [1.29, 1.82) is 0 Å². The maximum Gasteiger partial charge on any atom is 0.0596 e. The second-order valence-corrected chi connectivity index (χ2v) is 3.98. The molecule has 0 saturated heterocycles. The summed E-state index contributed by atoms with van der Waals surface area (Å²) in [6, 6.07) is 6.51. The van der Waals surface area contributed by atoms with E-state index in [2.05, 4.69) is 49.1 Å². The third kappa shape index (κ3) is 1.65. The Morgan fingerprint density at radius 1 is 1.14 bits per heavy atom. The number of anilines is 1. The van der Waals surface area contributed by atoms with E-state index in [9.17, 15) is 0 Å². The lowest BCUT2D eigenvalue weighted by Gasteiger charge is -2.14. The van der Waals surface area contributed by atoms with Crippen LogP contribution in [0.2, 0.25) is 0 Å². The molecule has 1 heterocycles. The van der Waals surface area contributed by atoms with Crippen molar-refractivity contribution in [2.75, 3.05) is 11.6 Å². The van der Waals surface area contributed by atoms with Gasteiger partial charge in [-0.2, -0.15) is 5.10 Å². The van der Waals surface area contributed by atoms with E-state index in [4.69, 9.17) is 0 Å². The molecule has 0 saturated carbocycles. The molecule has 1 aromatic carbocycles. The van der Waals surface area contributed by atoms with Gasteiger partial charge < -0.3 is 0 Å². The van der Waals surface area contributed by atoms with Crippen LogP contribution in [-0.4, -0.2) is 12.3 Å². The molecule has 2 rings (SSSR count). The zero-order chi connectivity index (χ0) is 10.1. The van der Waals surface area contributed by atoms with Crippen molar-refractivity contribution in [1.82, 2.24) is 0 Å². The molecule has 0 amide bonds. The Morgan fingerprint density at radius 3 is 2.50 bits per heavy atom. The lowest BCUT2D eigenvalue weighted by molar-refractivity contribution is 0.920. The van der Waals surface area contributed by atoms with Crippen LogP contribution in [0.4, 0.5) is 5.69 Å². The standard InChI is InChI=1S/C12H16N2/c1-9-4-5-12(8-10(9)2)14-7-6-11(3)13-14/h4-5,8H,6-7H2,1-3H3. The summed E-state index contributed by atoms with van der Waals surface area (Å²) in [4.78, 5) is 0. The van der Waals surface area contributed by atoms with E-state index in [0.717, 1.165) is 13.0 Å². The van der Waals surface area contributed by atoms with E-state index in [-0.39, 0.29) is 0 Å². The van der Waals surface area contributed by atoms with Gasteiger partial charge in [0, 0.05) is 18.7 Å². The quantitative estimate of drug-likeness (QED) is 0.661. The number of rotatable bonds is 1. The second-order valence-electron chi connectivity index (χ2n) is 3.98. The van der Waals surface area contributed by atoms with Crippen LogP contribution in [-0.2, 0) is 0 Å². The molecule has 0 aromatic heterocycles. The third-order valence-electron chi connectivity index (χ3n) is 2.77. The molecule has 74 valence electrons. The average Bonchev–Trinajstić information content (AvgIpc) is 2.57. The van der Waals surface area contributed by atoms with Gasteiger partial charge in [-0.3, -0.25) is 5.01 Å². The highest BCUT2D eigenvalue weighted by atomic mass is 15.5. The summed E-state index contributed by atoms with van der Waals surface area (Å²) in [5, 5.41) is 6.56. The van der Waals surface area contributed by atoms with Gasteiger partial charge in [-0.1, -0.05) is 6.07 Å². The minimum absolute atomic E-state index is 1.02. The summed E-state index contributed by atoms with van der Waals surface area (Å²) in [6.45, 7) is 7.39. The molecule has 1 aliphatic heterocycles. The Kier molecular flexibility index (Phi) is 2.28. The zero-order valence-electron chi connectivity index (χ0n) is 9.04. The molecular formula is C12H16N2. The molecule has 0 fully saturated rings. The highest BCUT2D eigenvalue weighted by Crippen LogP contribution is 2.21. The van der Waals surface area contributed by atoms with E-state index >= 15 is 0 Å². The van der Waals surface area contributed by atoms with Crippen molar-refractivity contribution in [2.24, 2.45) is 5.10 Å².